The number of aromatic nitrogens is 5. The van der Waals surface area contributed by atoms with Crippen molar-refractivity contribution >= 4 is 23.1 Å². The molecule has 0 unspecified atom stereocenters. The first-order valence-electron chi connectivity index (χ1n) is 9.73. The zero-order valence-electron chi connectivity index (χ0n) is 17.5. The van der Waals surface area contributed by atoms with Crippen LogP contribution in [0.15, 0.2) is 18.5 Å². The Labute approximate surface area is 169 Å². The summed E-state index contributed by atoms with van der Waals surface area (Å²) in [6, 6.07) is 2.18. The molecule has 1 aliphatic rings. The van der Waals surface area contributed by atoms with Gasteiger partial charge in [0.05, 0.1) is 18.1 Å². The van der Waals surface area contributed by atoms with Crippen molar-refractivity contribution in [2.45, 2.75) is 33.2 Å². The van der Waals surface area contributed by atoms with E-state index in [0.29, 0.717) is 0 Å². The lowest BCUT2D eigenvalue weighted by molar-refractivity contribution is 0.0815. The summed E-state index contributed by atoms with van der Waals surface area (Å²) in [4.78, 5) is 29.7. The van der Waals surface area contributed by atoms with Crippen molar-refractivity contribution in [3.8, 4) is 0 Å². The molecule has 1 aliphatic heterocycles. The van der Waals surface area contributed by atoms with Crippen LogP contribution in [0.4, 0.5) is 11.6 Å². The molecule has 0 spiro atoms. The van der Waals surface area contributed by atoms with Crippen LogP contribution in [0.3, 0.4) is 0 Å². The molecule has 0 aliphatic carbocycles. The number of aryl methyl sites for hydroxylation is 2. The van der Waals surface area contributed by atoms with Crippen LogP contribution in [0.1, 0.15) is 34.0 Å². The van der Waals surface area contributed by atoms with E-state index in [4.69, 9.17) is 0 Å². The maximum atomic E-state index is 12.4. The highest BCUT2D eigenvalue weighted by Gasteiger charge is 2.27. The van der Waals surface area contributed by atoms with Gasteiger partial charge in [0.2, 0.25) is 5.82 Å². The van der Waals surface area contributed by atoms with Gasteiger partial charge in [0.1, 0.15) is 11.3 Å². The van der Waals surface area contributed by atoms with Crippen molar-refractivity contribution in [1.29, 1.82) is 0 Å². The quantitative estimate of drug-likeness (QED) is 0.722. The van der Waals surface area contributed by atoms with Crippen LogP contribution in [-0.2, 0) is 0 Å². The molecule has 0 aromatic carbocycles. The van der Waals surface area contributed by atoms with Crippen molar-refractivity contribution in [2.75, 3.05) is 37.4 Å². The molecule has 1 fully saturated rings. The summed E-state index contributed by atoms with van der Waals surface area (Å²) in [5, 5.41) is 7.88. The second-order valence-corrected chi connectivity index (χ2v) is 7.75. The summed E-state index contributed by atoms with van der Waals surface area (Å²) < 4.78 is 1.84. The molecule has 0 radical (unpaired) electrons. The van der Waals surface area contributed by atoms with Gasteiger partial charge in [-0.2, -0.15) is 5.10 Å². The van der Waals surface area contributed by atoms with Crippen molar-refractivity contribution in [2.24, 2.45) is 0 Å². The topological polar surface area (TPSA) is 91.5 Å². The Hall–Kier alpha value is -3.23. The molecule has 3 aromatic rings. The molecule has 3 aromatic heterocycles. The van der Waals surface area contributed by atoms with Crippen LogP contribution in [0.5, 0.6) is 0 Å². The summed E-state index contributed by atoms with van der Waals surface area (Å²) in [7, 11) is 3.42. The second kappa shape index (κ2) is 7.31. The van der Waals surface area contributed by atoms with Gasteiger partial charge in [-0.1, -0.05) is 0 Å². The number of nitrogens with one attached hydrogen (secondary N) is 1. The minimum absolute atomic E-state index is 0.185. The summed E-state index contributed by atoms with van der Waals surface area (Å²) in [6.07, 6.45) is 4.64. The number of hydrogen-bond donors (Lipinski definition) is 1. The van der Waals surface area contributed by atoms with Crippen molar-refractivity contribution in [3.63, 3.8) is 0 Å². The van der Waals surface area contributed by atoms with E-state index in [-0.39, 0.29) is 17.8 Å². The minimum Gasteiger partial charge on any atom is -0.364 e. The molecule has 1 N–H and O–H groups in total. The highest BCUT2D eigenvalue weighted by atomic mass is 16.2. The lowest BCUT2D eigenvalue weighted by Gasteiger charge is -2.22. The van der Waals surface area contributed by atoms with Crippen molar-refractivity contribution in [3.05, 3.63) is 41.2 Å². The highest BCUT2D eigenvalue weighted by Crippen LogP contribution is 2.26. The van der Waals surface area contributed by atoms with E-state index in [9.17, 15) is 4.79 Å². The van der Waals surface area contributed by atoms with Gasteiger partial charge in [0, 0.05) is 44.5 Å². The van der Waals surface area contributed by atoms with Crippen LogP contribution < -0.4 is 10.2 Å². The van der Waals surface area contributed by atoms with Gasteiger partial charge in [0.25, 0.3) is 5.91 Å². The number of nitrogens with zero attached hydrogens (tertiary/aromatic N) is 7. The van der Waals surface area contributed by atoms with E-state index in [1.54, 1.807) is 20.3 Å². The van der Waals surface area contributed by atoms with Crippen molar-refractivity contribution < 1.29 is 4.79 Å². The zero-order chi connectivity index (χ0) is 20.7. The minimum atomic E-state index is -0.185. The number of hydrogen-bond acceptors (Lipinski definition) is 7. The Balaban J connectivity index is 1.57. The average molecular weight is 394 g/mol. The molecule has 1 amide bonds. The second-order valence-electron chi connectivity index (χ2n) is 7.75. The van der Waals surface area contributed by atoms with E-state index in [1.165, 1.54) is 4.90 Å². The van der Waals surface area contributed by atoms with Gasteiger partial charge in [0.15, 0.2) is 5.82 Å². The zero-order valence-corrected chi connectivity index (χ0v) is 17.5. The number of carbonyl (C=O) groups is 1. The van der Waals surface area contributed by atoms with E-state index in [1.807, 2.05) is 37.5 Å². The molecule has 152 valence electrons. The van der Waals surface area contributed by atoms with Gasteiger partial charge >= 0.3 is 0 Å². The van der Waals surface area contributed by atoms with Crippen LogP contribution in [0.2, 0.25) is 0 Å². The molecule has 9 heteroatoms. The van der Waals surface area contributed by atoms with Gasteiger partial charge in [-0.25, -0.2) is 19.5 Å². The maximum Gasteiger partial charge on any atom is 0.291 e. The van der Waals surface area contributed by atoms with E-state index < -0.39 is 0 Å². The maximum absolute atomic E-state index is 12.4. The monoisotopic (exact) mass is 394 g/mol. The fourth-order valence-electron chi connectivity index (χ4n) is 3.63. The molecular formula is C20H26N8O. The predicted molar refractivity (Wildman–Crippen MR) is 111 cm³/mol. The number of fused-ring (bicyclic) bond motifs is 1. The van der Waals surface area contributed by atoms with E-state index >= 15 is 0 Å². The summed E-state index contributed by atoms with van der Waals surface area (Å²) >= 11 is 0. The SMILES string of the molecule is Cc1cn2nccc2c(N[C@@H]2CCN(c3nc(C(=O)N(C)C)nc(C)c3C)C2)n1. The average Bonchev–Trinajstić information content (AvgIpc) is 3.32. The van der Waals surface area contributed by atoms with Crippen molar-refractivity contribution in [1.82, 2.24) is 29.5 Å². The Morgan fingerprint density at radius 2 is 2.00 bits per heavy atom. The molecule has 0 saturated carbocycles. The molecule has 1 saturated heterocycles. The smallest absolute Gasteiger partial charge is 0.291 e. The Morgan fingerprint density at radius 1 is 1.21 bits per heavy atom. The third kappa shape index (κ3) is 3.59. The third-order valence-electron chi connectivity index (χ3n) is 5.30. The molecule has 1 atom stereocenters. The molecule has 9 nitrogen and oxygen atoms in total. The highest BCUT2D eigenvalue weighted by molar-refractivity contribution is 5.90. The number of carbonyl (C=O) groups excluding carboxylic acids is 1. The van der Waals surface area contributed by atoms with Gasteiger partial charge in [-0.05, 0) is 33.3 Å². The fourth-order valence-corrected chi connectivity index (χ4v) is 3.63. The first-order valence-corrected chi connectivity index (χ1v) is 9.73. The molecule has 0 bridgehead atoms. The van der Waals surface area contributed by atoms with E-state index in [2.05, 4.69) is 30.3 Å². The van der Waals surface area contributed by atoms with Crippen LogP contribution >= 0.6 is 0 Å². The Morgan fingerprint density at radius 3 is 2.76 bits per heavy atom. The molecule has 4 rings (SSSR count). The Bertz CT molecular complexity index is 1070. The predicted octanol–water partition coefficient (Wildman–Crippen LogP) is 1.84. The van der Waals surface area contributed by atoms with Gasteiger partial charge in [-0.3, -0.25) is 4.79 Å². The van der Waals surface area contributed by atoms with Gasteiger partial charge < -0.3 is 15.1 Å². The first-order chi connectivity index (χ1) is 13.8. The Kier molecular flexibility index (Phi) is 4.81. The third-order valence-corrected chi connectivity index (χ3v) is 5.30. The largest absolute Gasteiger partial charge is 0.364 e. The summed E-state index contributed by atoms with van der Waals surface area (Å²) in [5.74, 6) is 1.73. The first kappa shape index (κ1) is 19.1. The fraction of sp³-hybridized carbons (Fsp3) is 0.450. The van der Waals surface area contributed by atoms with Gasteiger partial charge in [-0.15, -0.1) is 0 Å². The number of rotatable bonds is 4. The van der Waals surface area contributed by atoms with E-state index in [0.717, 1.165) is 53.6 Å². The molecule has 4 heterocycles. The lowest BCUT2D eigenvalue weighted by atomic mass is 10.2. The standard InChI is InChI=1S/C20H26N8O/c1-12-10-28-16(6-8-21-28)17(22-12)24-15-7-9-27(11-15)19-13(2)14(3)23-18(25-19)20(29)26(4)5/h6,8,10,15H,7,9,11H2,1-5H3,(H,22,24)/t15-/m1/s1. The lowest BCUT2D eigenvalue weighted by Crippen LogP contribution is -2.30. The van der Waals surface area contributed by atoms with Crippen LogP contribution in [0.25, 0.3) is 5.52 Å². The number of amides is 1. The van der Waals surface area contributed by atoms with Crippen LogP contribution in [0, 0.1) is 20.8 Å². The number of anilines is 2. The summed E-state index contributed by atoms with van der Waals surface area (Å²) in [5.41, 5.74) is 3.71. The normalized spacial score (nSPS) is 16.4. The summed E-state index contributed by atoms with van der Waals surface area (Å²) in [6.45, 7) is 7.53. The molecule has 29 heavy (non-hydrogen) atoms. The molecular weight excluding hydrogens is 368 g/mol. The van der Waals surface area contributed by atoms with Crippen LogP contribution in [-0.4, -0.2) is 68.6 Å².